The van der Waals surface area contributed by atoms with E-state index in [2.05, 4.69) is 16.0 Å². The van der Waals surface area contributed by atoms with Crippen LogP contribution in [-0.2, 0) is 9.53 Å². The number of carbonyl (C=O) groups is 3. The van der Waals surface area contributed by atoms with Gasteiger partial charge in [0.15, 0.2) is 11.5 Å². The first-order chi connectivity index (χ1) is 14.1. The molecule has 0 saturated carbocycles. The molecule has 0 atom stereocenters. The Hall–Kier alpha value is -3.17. The Bertz CT molecular complexity index is 719. The normalized spacial score (nSPS) is 10.6. The molecule has 0 fully saturated rings. The topological polar surface area (TPSA) is 124 Å². The van der Waals surface area contributed by atoms with E-state index in [1.165, 1.54) is 33.5 Å². The van der Waals surface area contributed by atoms with Gasteiger partial charge in [-0.05, 0) is 32.9 Å². The standard InChI is InChI=1S/C20H31N3O7/c1-20(2,3)30-19(26)23-8-7-16(24)21-9-10-22-18(25)13-11-14(27-4)17(29-6)15(12-13)28-5/h11-12H,7-10H2,1-6H3,(H,21,24)(H,22,25)(H,23,26). The SMILES string of the molecule is COc1cc(C(=O)NCCNC(=O)CCNC(=O)OC(C)(C)C)cc(OC)c1OC. The largest absolute Gasteiger partial charge is 0.493 e. The molecule has 30 heavy (non-hydrogen) atoms. The number of carbonyl (C=O) groups excluding carboxylic acids is 3. The molecular weight excluding hydrogens is 394 g/mol. The van der Waals surface area contributed by atoms with Gasteiger partial charge >= 0.3 is 6.09 Å². The predicted octanol–water partition coefficient (Wildman–Crippen LogP) is 1.47. The molecule has 0 heterocycles. The number of ether oxygens (including phenoxy) is 4. The summed E-state index contributed by atoms with van der Waals surface area (Å²) in [5.74, 6) is 0.521. The van der Waals surface area contributed by atoms with Gasteiger partial charge < -0.3 is 34.9 Å². The van der Waals surface area contributed by atoms with E-state index in [9.17, 15) is 14.4 Å². The molecule has 0 unspecified atom stereocenters. The van der Waals surface area contributed by atoms with Gasteiger partial charge in [0.05, 0.1) is 21.3 Å². The van der Waals surface area contributed by atoms with Crippen LogP contribution in [0, 0.1) is 0 Å². The van der Waals surface area contributed by atoms with Crippen molar-refractivity contribution in [2.45, 2.75) is 32.8 Å². The predicted molar refractivity (Wildman–Crippen MR) is 110 cm³/mol. The maximum Gasteiger partial charge on any atom is 0.407 e. The minimum Gasteiger partial charge on any atom is -0.493 e. The summed E-state index contributed by atoms with van der Waals surface area (Å²) in [6.07, 6.45) is -0.479. The molecule has 0 aromatic heterocycles. The molecule has 0 radical (unpaired) electrons. The van der Waals surface area contributed by atoms with Crippen LogP contribution < -0.4 is 30.2 Å². The molecule has 0 spiro atoms. The van der Waals surface area contributed by atoms with Gasteiger partial charge in [-0.1, -0.05) is 0 Å². The van der Waals surface area contributed by atoms with Crippen LogP contribution in [0.15, 0.2) is 12.1 Å². The number of methoxy groups -OCH3 is 3. The van der Waals surface area contributed by atoms with Gasteiger partial charge in [0, 0.05) is 31.6 Å². The van der Waals surface area contributed by atoms with Crippen LogP contribution in [0.5, 0.6) is 17.2 Å². The number of hydrogen-bond acceptors (Lipinski definition) is 7. The lowest BCUT2D eigenvalue weighted by Gasteiger charge is -2.19. The van der Waals surface area contributed by atoms with E-state index >= 15 is 0 Å². The second-order valence-corrected chi connectivity index (χ2v) is 7.20. The molecular formula is C20H31N3O7. The maximum absolute atomic E-state index is 12.3. The highest BCUT2D eigenvalue weighted by Gasteiger charge is 2.17. The van der Waals surface area contributed by atoms with Gasteiger partial charge in [0.2, 0.25) is 11.7 Å². The Morgan fingerprint density at radius 1 is 0.833 bits per heavy atom. The van der Waals surface area contributed by atoms with Crippen molar-refractivity contribution in [1.29, 1.82) is 0 Å². The van der Waals surface area contributed by atoms with Crippen molar-refractivity contribution in [3.05, 3.63) is 17.7 Å². The smallest absolute Gasteiger partial charge is 0.407 e. The van der Waals surface area contributed by atoms with Crippen LogP contribution in [0.25, 0.3) is 0 Å². The van der Waals surface area contributed by atoms with E-state index in [-0.39, 0.29) is 37.9 Å². The van der Waals surface area contributed by atoms with Gasteiger partial charge in [-0.25, -0.2) is 4.79 Å². The zero-order valence-corrected chi connectivity index (χ0v) is 18.3. The molecule has 1 aromatic rings. The Morgan fingerprint density at radius 2 is 1.40 bits per heavy atom. The van der Waals surface area contributed by atoms with Gasteiger partial charge in [0.1, 0.15) is 5.60 Å². The average Bonchev–Trinajstić information content (AvgIpc) is 2.68. The zero-order valence-electron chi connectivity index (χ0n) is 18.3. The Balaban J connectivity index is 2.40. The van der Waals surface area contributed by atoms with Gasteiger partial charge in [0.25, 0.3) is 5.91 Å². The molecule has 3 amide bonds. The van der Waals surface area contributed by atoms with E-state index in [4.69, 9.17) is 18.9 Å². The summed E-state index contributed by atoms with van der Waals surface area (Å²) in [6.45, 7) is 5.88. The molecule has 0 aliphatic carbocycles. The Kier molecular flexibility index (Phi) is 9.73. The fraction of sp³-hybridized carbons (Fsp3) is 0.550. The third-order valence-electron chi connectivity index (χ3n) is 3.68. The second-order valence-electron chi connectivity index (χ2n) is 7.20. The number of amides is 3. The maximum atomic E-state index is 12.3. The monoisotopic (exact) mass is 425 g/mol. The van der Waals surface area contributed by atoms with Gasteiger partial charge in [-0.3, -0.25) is 9.59 Å². The minimum atomic E-state index is -0.595. The van der Waals surface area contributed by atoms with Gasteiger partial charge in [-0.15, -0.1) is 0 Å². The molecule has 10 nitrogen and oxygen atoms in total. The quantitative estimate of drug-likeness (QED) is 0.485. The highest BCUT2D eigenvalue weighted by molar-refractivity contribution is 5.95. The lowest BCUT2D eigenvalue weighted by Crippen LogP contribution is -2.37. The fourth-order valence-corrected chi connectivity index (χ4v) is 2.37. The molecule has 3 N–H and O–H groups in total. The molecule has 1 aromatic carbocycles. The number of alkyl carbamates (subject to hydrolysis) is 1. The average molecular weight is 425 g/mol. The highest BCUT2D eigenvalue weighted by atomic mass is 16.6. The van der Waals surface area contributed by atoms with Crippen LogP contribution in [0.2, 0.25) is 0 Å². The van der Waals surface area contributed by atoms with E-state index < -0.39 is 11.7 Å². The van der Waals surface area contributed by atoms with E-state index in [1.54, 1.807) is 20.8 Å². The summed E-state index contributed by atoms with van der Waals surface area (Å²) in [4.78, 5) is 35.7. The van der Waals surface area contributed by atoms with Crippen LogP contribution in [0.3, 0.4) is 0 Å². The highest BCUT2D eigenvalue weighted by Crippen LogP contribution is 2.38. The zero-order chi connectivity index (χ0) is 22.7. The van der Waals surface area contributed by atoms with Crippen molar-refractivity contribution >= 4 is 17.9 Å². The lowest BCUT2D eigenvalue weighted by molar-refractivity contribution is -0.120. The first-order valence-corrected chi connectivity index (χ1v) is 9.43. The molecule has 168 valence electrons. The van der Waals surface area contributed by atoms with Crippen LogP contribution in [0.1, 0.15) is 37.6 Å². The number of benzene rings is 1. The van der Waals surface area contributed by atoms with Crippen LogP contribution in [0.4, 0.5) is 4.79 Å². The van der Waals surface area contributed by atoms with E-state index in [0.717, 1.165) is 0 Å². The molecule has 0 aliphatic heterocycles. The van der Waals surface area contributed by atoms with E-state index in [0.29, 0.717) is 22.8 Å². The fourth-order valence-electron chi connectivity index (χ4n) is 2.37. The molecule has 1 rings (SSSR count). The summed E-state index contributed by atoms with van der Waals surface area (Å²) < 4.78 is 20.8. The third-order valence-corrected chi connectivity index (χ3v) is 3.68. The molecule has 10 heteroatoms. The van der Waals surface area contributed by atoms with Crippen molar-refractivity contribution in [3.8, 4) is 17.2 Å². The number of nitrogens with one attached hydrogen (secondary N) is 3. The first kappa shape index (κ1) is 24.9. The Labute approximate surface area is 176 Å². The van der Waals surface area contributed by atoms with Crippen molar-refractivity contribution in [2.75, 3.05) is 41.0 Å². The second kappa shape index (κ2) is 11.7. The lowest BCUT2D eigenvalue weighted by atomic mass is 10.1. The first-order valence-electron chi connectivity index (χ1n) is 9.43. The minimum absolute atomic E-state index is 0.0973. The summed E-state index contributed by atoms with van der Waals surface area (Å²) in [5, 5.41) is 7.86. The van der Waals surface area contributed by atoms with E-state index in [1.807, 2.05) is 0 Å². The van der Waals surface area contributed by atoms with Crippen LogP contribution in [-0.4, -0.2) is 64.5 Å². The summed E-state index contributed by atoms with van der Waals surface area (Å²) >= 11 is 0. The molecule has 0 bridgehead atoms. The summed E-state index contributed by atoms with van der Waals surface area (Å²) in [5.41, 5.74) is -0.264. The molecule has 0 aliphatic rings. The summed E-state index contributed by atoms with van der Waals surface area (Å²) in [6, 6.07) is 3.08. The van der Waals surface area contributed by atoms with Crippen molar-refractivity contribution in [1.82, 2.24) is 16.0 Å². The van der Waals surface area contributed by atoms with Crippen LogP contribution >= 0.6 is 0 Å². The summed E-state index contributed by atoms with van der Waals surface area (Å²) in [7, 11) is 4.41. The molecule has 0 saturated heterocycles. The van der Waals surface area contributed by atoms with Crippen molar-refractivity contribution < 1.29 is 33.3 Å². The van der Waals surface area contributed by atoms with Crippen molar-refractivity contribution in [2.24, 2.45) is 0 Å². The van der Waals surface area contributed by atoms with Crippen molar-refractivity contribution in [3.63, 3.8) is 0 Å². The number of hydrogen-bond donors (Lipinski definition) is 3. The van der Waals surface area contributed by atoms with Gasteiger partial charge in [-0.2, -0.15) is 0 Å². The Morgan fingerprint density at radius 3 is 1.90 bits per heavy atom. The third kappa shape index (κ3) is 8.46. The number of rotatable bonds is 10.